The Morgan fingerprint density at radius 3 is 3.08 bits per heavy atom. The van der Waals surface area contributed by atoms with Crippen LogP contribution in [0.2, 0.25) is 0 Å². The van der Waals surface area contributed by atoms with Gasteiger partial charge in [-0.1, -0.05) is 6.07 Å². The minimum absolute atomic E-state index is 0.0230. The van der Waals surface area contributed by atoms with Gasteiger partial charge in [0.05, 0.1) is 23.3 Å². The molecule has 1 aliphatic rings. The van der Waals surface area contributed by atoms with Crippen LogP contribution in [0.5, 0.6) is 0 Å². The van der Waals surface area contributed by atoms with Gasteiger partial charge in [-0.05, 0) is 43.5 Å². The number of pyridine rings is 1. The number of hydrogen-bond acceptors (Lipinski definition) is 4. The molecular formula is C19H18N6O. The summed E-state index contributed by atoms with van der Waals surface area (Å²) in [6, 6.07) is 8.21. The van der Waals surface area contributed by atoms with Crippen LogP contribution in [-0.2, 0) is 0 Å². The van der Waals surface area contributed by atoms with Gasteiger partial charge in [-0.3, -0.25) is 15.0 Å². The Balaban J connectivity index is 1.50. The molecule has 5 rings (SSSR count). The molecular weight excluding hydrogens is 328 g/mol. The van der Waals surface area contributed by atoms with Crippen molar-refractivity contribution in [2.75, 3.05) is 6.54 Å². The third-order valence-corrected chi connectivity index (χ3v) is 5.21. The molecule has 1 atom stereocenters. The predicted octanol–water partition coefficient (Wildman–Crippen LogP) is 3.12. The van der Waals surface area contributed by atoms with Gasteiger partial charge < -0.3 is 4.90 Å². The zero-order chi connectivity index (χ0) is 17.7. The first-order chi connectivity index (χ1) is 12.7. The van der Waals surface area contributed by atoms with Crippen LogP contribution in [0, 0.1) is 6.92 Å². The minimum Gasteiger partial charge on any atom is -0.332 e. The van der Waals surface area contributed by atoms with Gasteiger partial charge in [0.2, 0.25) is 0 Å². The number of carbonyl (C=O) groups excluding carboxylic acids is 1. The van der Waals surface area contributed by atoms with E-state index in [0.29, 0.717) is 11.2 Å². The molecule has 1 aromatic carbocycles. The Bertz CT molecular complexity index is 1130. The molecule has 0 aliphatic carbocycles. The summed E-state index contributed by atoms with van der Waals surface area (Å²) in [5.74, 6) is 0.0230. The number of benzene rings is 1. The van der Waals surface area contributed by atoms with Gasteiger partial charge in [0.15, 0.2) is 5.65 Å². The predicted molar refractivity (Wildman–Crippen MR) is 97.7 cm³/mol. The van der Waals surface area contributed by atoms with E-state index in [-0.39, 0.29) is 11.9 Å². The lowest BCUT2D eigenvalue weighted by molar-refractivity contribution is 0.0735. The number of aromatic amines is 2. The molecule has 1 fully saturated rings. The maximum atomic E-state index is 13.2. The first-order valence-corrected chi connectivity index (χ1v) is 8.75. The summed E-state index contributed by atoms with van der Waals surface area (Å²) in [6.07, 6.45) is 5.41. The van der Waals surface area contributed by atoms with E-state index in [1.54, 1.807) is 6.20 Å². The van der Waals surface area contributed by atoms with E-state index < -0.39 is 0 Å². The highest BCUT2D eigenvalue weighted by atomic mass is 16.2. The molecule has 130 valence electrons. The van der Waals surface area contributed by atoms with Crippen molar-refractivity contribution in [1.82, 2.24) is 30.3 Å². The molecule has 7 heteroatoms. The Hall–Kier alpha value is -3.22. The highest BCUT2D eigenvalue weighted by molar-refractivity contribution is 5.97. The topological polar surface area (TPSA) is 90.6 Å². The number of nitrogens with zero attached hydrogens (tertiary/aromatic N) is 4. The van der Waals surface area contributed by atoms with Gasteiger partial charge in [0.25, 0.3) is 5.91 Å². The standard InChI is InChI=1S/C19H18N6O/c1-11-15-8-14(9-20-18(15)24-22-11)19(26)25-6-2-3-17(25)12-4-5-16-13(7-12)10-21-23-16/h4-5,7-10,17H,2-3,6H2,1H3,(H,21,23)(H,20,22,24)/t17-/m1/s1. The highest BCUT2D eigenvalue weighted by Crippen LogP contribution is 2.34. The van der Waals surface area contributed by atoms with Crippen molar-refractivity contribution < 1.29 is 4.79 Å². The molecule has 2 N–H and O–H groups in total. The Morgan fingerprint density at radius 1 is 1.23 bits per heavy atom. The second-order valence-corrected chi connectivity index (χ2v) is 6.82. The van der Waals surface area contributed by atoms with Gasteiger partial charge in [0.1, 0.15) is 0 Å². The molecule has 1 amide bonds. The largest absolute Gasteiger partial charge is 0.332 e. The van der Waals surface area contributed by atoms with Crippen LogP contribution in [-0.4, -0.2) is 42.7 Å². The fourth-order valence-electron chi connectivity index (χ4n) is 3.83. The van der Waals surface area contributed by atoms with Gasteiger partial charge in [-0.25, -0.2) is 4.98 Å². The Morgan fingerprint density at radius 2 is 2.15 bits per heavy atom. The van der Waals surface area contributed by atoms with Crippen molar-refractivity contribution in [2.24, 2.45) is 0 Å². The average molecular weight is 346 g/mol. The molecule has 4 aromatic rings. The van der Waals surface area contributed by atoms with Crippen LogP contribution in [0.25, 0.3) is 21.9 Å². The van der Waals surface area contributed by atoms with Crippen LogP contribution >= 0.6 is 0 Å². The lowest BCUT2D eigenvalue weighted by Gasteiger charge is -2.25. The molecule has 4 heterocycles. The third-order valence-electron chi connectivity index (χ3n) is 5.21. The van der Waals surface area contributed by atoms with E-state index in [4.69, 9.17) is 0 Å². The van der Waals surface area contributed by atoms with Crippen molar-refractivity contribution in [2.45, 2.75) is 25.8 Å². The van der Waals surface area contributed by atoms with Gasteiger partial charge >= 0.3 is 0 Å². The molecule has 26 heavy (non-hydrogen) atoms. The minimum atomic E-state index is 0.0230. The Kier molecular flexibility index (Phi) is 3.28. The number of hydrogen-bond donors (Lipinski definition) is 2. The van der Waals surface area contributed by atoms with Crippen molar-refractivity contribution in [3.63, 3.8) is 0 Å². The summed E-state index contributed by atoms with van der Waals surface area (Å²) in [5.41, 5.74) is 4.33. The molecule has 0 bridgehead atoms. The van der Waals surface area contributed by atoms with E-state index in [1.807, 2.05) is 30.2 Å². The van der Waals surface area contributed by atoms with Gasteiger partial charge in [0, 0.05) is 29.2 Å². The number of aromatic nitrogens is 5. The zero-order valence-electron chi connectivity index (χ0n) is 14.4. The van der Waals surface area contributed by atoms with Crippen LogP contribution in [0.1, 0.15) is 40.5 Å². The van der Waals surface area contributed by atoms with Gasteiger partial charge in [-0.2, -0.15) is 10.2 Å². The lowest BCUT2D eigenvalue weighted by atomic mass is 10.0. The zero-order valence-corrected chi connectivity index (χ0v) is 14.4. The van der Waals surface area contributed by atoms with Crippen LogP contribution in [0.3, 0.4) is 0 Å². The summed E-state index contributed by atoms with van der Waals surface area (Å²) in [4.78, 5) is 19.4. The quantitative estimate of drug-likeness (QED) is 0.583. The molecule has 7 nitrogen and oxygen atoms in total. The third kappa shape index (κ3) is 2.28. The lowest BCUT2D eigenvalue weighted by Crippen LogP contribution is -2.30. The first kappa shape index (κ1) is 15.1. The van der Waals surface area contributed by atoms with Crippen LogP contribution in [0.4, 0.5) is 0 Å². The number of amides is 1. The second kappa shape index (κ2) is 5.66. The van der Waals surface area contributed by atoms with E-state index >= 15 is 0 Å². The molecule has 0 radical (unpaired) electrons. The fraction of sp³-hybridized carbons (Fsp3) is 0.263. The number of likely N-dealkylation sites (tertiary alicyclic amines) is 1. The second-order valence-electron chi connectivity index (χ2n) is 6.82. The van der Waals surface area contributed by atoms with E-state index in [0.717, 1.165) is 46.9 Å². The average Bonchev–Trinajstić information content (AvgIpc) is 3.40. The maximum absolute atomic E-state index is 13.2. The molecule has 1 aliphatic heterocycles. The van der Waals surface area contributed by atoms with E-state index in [1.165, 1.54) is 0 Å². The SMILES string of the molecule is Cc1[nH]nc2ncc(C(=O)N3CCC[C@@H]3c3ccc4[nH]ncc4c3)cc12. The smallest absolute Gasteiger partial charge is 0.255 e. The van der Waals surface area contributed by atoms with Crippen molar-refractivity contribution in [3.05, 3.63) is 53.5 Å². The molecule has 1 saturated heterocycles. The molecule has 0 unspecified atom stereocenters. The number of H-pyrrole nitrogens is 2. The number of fused-ring (bicyclic) bond motifs is 2. The molecule has 3 aromatic heterocycles. The number of rotatable bonds is 2. The van der Waals surface area contributed by atoms with Crippen LogP contribution in [0.15, 0.2) is 36.7 Å². The van der Waals surface area contributed by atoms with Crippen molar-refractivity contribution in [1.29, 1.82) is 0 Å². The van der Waals surface area contributed by atoms with Crippen molar-refractivity contribution >= 4 is 27.8 Å². The van der Waals surface area contributed by atoms with Gasteiger partial charge in [-0.15, -0.1) is 0 Å². The summed E-state index contributed by atoms with van der Waals surface area (Å²) in [5, 5.41) is 16.1. The van der Waals surface area contributed by atoms with Crippen LogP contribution < -0.4 is 0 Å². The van der Waals surface area contributed by atoms with Crippen molar-refractivity contribution in [3.8, 4) is 0 Å². The summed E-state index contributed by atoms with van der Waals surface area (Å²) < 4.78 is 0. The summed E-state index contributed by atoms with van der Waals surface area (Å²) >= 11 is 0. The fourth-order valence-corrected chi connectivity index (χ4v) is 3.83. The summed E-state index contributed by atoms with van der Waals surface area (Å²) in [7, 11) is 0. The number of nitrogens with one attached hydrogen (secondary N) is 2. The Labute approximate surface area is 149 Å². The monoisotopic (exact) mass is 346 g/mol. The van der Waals surface area contributed by atoms with E-state index in [9.17, 15) is 4.79 Å². The normalized spacial score (nSPS) is 17.4. The first-order valence-electron chi connectivity index (χ1n) is 8.75. The number of carbonyl (C=O) groups is 1. The molecule has 0 spiro atoms. The molecule has 0 saturated carbocycles. The van der Waals surface area contributed by atoms with E-state index in [2.05, 4.69) is 37.5 Å². The number of aryl methyl sites for hydroxylation is 1. The summed E-state index contributed by atoms with van der Waals surface area (Å²) in [6.45, 7) is 2.69. The maximum Gasteiger partial charge on any atom is 0.255 e. The highest BCUT2D eigenvalue weighted by Gasteiger charge is 2.31.